The van der Waals surface area contributed by atoms with Gasteiger partial charge in [0.2, 0.25) is 5.88 Å². The first kappa shape index (κ1) is 23.5. The third-order valence-corrected chi connectivity index (χ3v) is 5.90. The number of unbranched alkanes of at least 4 members (excludes halogenated alkanes) is 1. The van der Waals surface area contributed by atoms with E-state index in [4.69, 9.17) is 4.74 Å². The van der Waals surface area contributed by atoms with Gasteiger partial charge >= 0.3 is 0 Å². The fraction of sp³-hybridized carbons (Fsp3) is 0.385. The molecule has 8 heteroatoms. The van der Waals surface area contributed by atoms with E-state index in [1.807, 2.05) is 65.7 Å². The first-order chi connectivity index (χ1) is 16.7. The van der Waals surface area contributed by atoms with E-state index in [0.29, 0.717) is 19.0 Å². The van der Waals surface area contributed by atoms with Crippen LogP contribution < -0.4 is 14.5 Å². The zero-order chi connectivity index (χ0) is 23.6. The van der Waals surface area contributed by atoms with Crippen LogP contribution in [0.15, 0.2) is 66.9 Å². The minimum absolute atomic E-state index is 0.0474. The standard InChI is InChI=1S/C26H32N6O2/c1-2-3-15-32(20-22-9-5-4-6-10-22)26(33)21-34-25-13-12-24(28-29-25)31-18-16-30(17-19-31)23-11-7-8-14-27-23/h4-14H,2-3,15-21H2,1H3. The van der Waals surface area contributed by atoms with Crippen molar-refractivity contribution in [3.05, 3.63) is 72.4 Å². The van der Waals surface area contributed by atoms with E-state index in [0.717, 1.165) is 56.2 Å². The molecule has 0 N–H and O–H groups in total. The molecule has 1 aromatic carbocycles. The number of nitrogens with zero attached hydrogens (tertiary/aromatic N) is 6. The third-order valence-electron chi connectivity index (χ3n) is 5.90. The maximum absolute atomic E-state index is 12.8. The normalized spacial score (nSPS) is 13.6. The highest BCUT2D eigenvalue weighted by Gasteiger charge is 2.20. The summed E-state index contributed by atoms with van der Waals surface area (Å²) in [6.45, 7) is 6.80. The van der Waals surface area contributed by atoms with E-state index in [2.05, 4.69) is 31.9 Å². The number of hydrogen-bond acceptors (Lipinski definition) is 7. The van der Waals surface area contributed by atoms with Crippen LogP contribution in [-0.2, 0) is 11.3 Å². The summed E-state index contributed by atoms with van der Waals surface area (Å²) in [5.74, 6) is 2.13. The van der Waals surface area contributed by atoms with Gasteiger partial charge in [-0.3, -0.25) is 4.79 Å². The molecule has 0 atom stereocenters. The summed E-state index contributed by atoms with van der Waals surface area (Å²) in [7, 11) is 0. The van der Waals surface area contributed by atoms with Crippen molar-refractivity contribution >= 4 is 17.5 Å². The second-order valence-corrected chi connectivity index (χ2v) is 8.33. The lowest BCUT2D eigenvalue weighted by atomic mass is 10.2. The van der Waals surface area contributed by atoms with Crippen molar-refractivity contribution in [1.29, 1.82) is 0 Å². The highest BCUT2D eigenvalue weighted by molar-refractivity contribution is 5.77. The zero-order valence-corrected chi connectivity index (χ0v) is 19.7. The Morgan fingerprint density at radius 1 is 0.912 bits per heavy atom. The molecule has 178 valence electrons. The number of benzene rings is 1. The van der Waals surface area contributed by atoms with Crippen molar-refractivity contribution in [2.45, 2.75) is 26.3 Å². The molecule has 3 heterocycles. The van der Waals surface area contributed by atoms with Gasteiger partial charge in [-0.15, -0.1) is 10.2 Å². The van der Waals surface area contributed by atoms with E-state index in [1.165, 1.54) is 0 Å². The molecule has 0 unspecified atom stereocenters. The first-order valence-corrected chi connectivity index (χ1v) is 11.9. The maximum atomic E-state index is 12.8. The van der Waals surface area contributed by atoms with Gasteiger partial charge in [-0.2, -0.15) is 0 Å². The molecular weight excluding hydrogens is 428 g/mol. The largest absolute Gasteiger partial charge is 0.466 e. The van der Waals surface area contributed by atoms with Crippen LogP contribution in [0.3, 0.4) is 0 Å². The molecule has 0 radical (unpaired) electrons. The summed E-state index contributed by atoms with van der Waals surface area (Å²) in [6.07, 6.45) is 3.81. The minimum Gasteiger partial charge on any atom is -0.466 e. The summed E-state index contributed by atoms with van der Waals surface area (Å²) in [5, 5.41) is 8.53. The monoisotopic (exact) mass is 460 g/mol. The molecule has 2 aromatic heterocycles. The van der Waals surface area contributed by atoms with E-state index in [9.17, 15) is 4.79 Å². The lowest BCUT2D eigenvalue weighted by Crippen LogP contribution is -2.47. The van der Waals surface area contributed by atoms with Crippen molar-refractivity contribution in [3.63, 3.8) is 0 Å². The molecule has 0 aliphatic carbocycles. The Labute approximate surface area is 201 Å². The Morgan fingerprint density at radius 3 is 2.29 bits per heavy atom. The van der Waals surface area contributed by atoms with E-state index in [1.54, 1.807) is 6.07 Å². The van der Waals surface area contributed by atoms with Crippen molar-refractivity contribution in [1.82, 2.24) is 20.1 Å². The lowest BCUT2D eigenvalue weighted by molar-refractivity contribution is -0.134. The second-order valence-electron chi connectivity index (χ2n) is 8.33. The number of piperazine rings is 1. The van der Waals surface area contributed by atoms with Crippen molar-refractivity contribution in [2.75, 3.05) is 49.1 Å². The van der Waals surface area contributed by atoms with Crippen LogP contribution in [0.4, 0.5) is 11.6 Å². The topological polar surface area (TPSA) is 74.7 Å². The second kappa shape index (κ2) is 12.0. The third kappa shape index (κ3) is 6.43. The van der Waals surface area contributed by atoms with E-state index >= 15 is 0 Å². The van der Waals surface area contributed by atoms with Crippen LogP contribution in [0.25, 0.3) is 0 Å². The van der Waals surface area contributed by atoms with Gasteiger partial charge in [0.15, 0.2) is 12.4 Å². The number of carbonyl (C=O) groups excluding carboxylic acids is 1. The van der Waals surface area contributed by atoms with Gasteiger partial charge in [-0.1, -0.05) is 49.7 Å². The van der Waals surface area contributed by atoms with Crippen molar-refractivity contribution < 1.29 is 9.53 Å². The molecule has 4 rings (SSSR count). The molecule has 8 nitrogen and oxygen atoms in total. The predicted molar refractivity (Wildman–Crippen MR) is 133 cm³/mol. The number of rotatable bonds is 10. The number of ether oxygens (including phenoxy) is 1. The molecule has 0 bridgehead atoms. The molecule has 1 fully saturated rings. The van der Waals surface area contributed by atoms with Gasteiger partial charge < -0.3 is 19.4 Å². The Kier molecular flexibility index (Phi) is 8.27. The van der Waals surface area contributed by atoms with E-state index < -0.39 is 0 Å². The summed E-state index contributed by atoms with van der Waals surface area (Å²) >= 11 is 0. The highest BCUT2D eigenvalue weighted by Crippen LogP contribution is 2.18. The molecule has 3 aromatic rings. The molecule has 1 aliphatic rings. The summed E-state index contributed by atoms with van der Waals surface area (Å²) in [4.78, 5) is 23.6. The fourth-order valence-electron chi connectivity index (χ4n) is 3.94. The van der Waals surface area contributed by atoms with Crippen LogP contribution in [0.2, 0.25) is 0 Å². The average molecular weight is 461 g/mol. The van der Waals surface area contributed by atoms with Gasteiger partial charge in [0.25, 0.3) is 5.91 Å². The Hall–Kier alpha value is -3.68. The van der Waals surface area contributed by atoms with Gasteiger partial charge in [0, 0.05) is 51.5 Å². The fourth-order valence-corrected chi connectivity index (χ4v) is 3.94. The maximum Gasteiger partial charge on any atom is 0.260 e. The number of anilines is 2. The van der Waals surface area contributed by atoms with Crippen molar-refractivity contribution in [3.8, 4) is 5.88 Å². The molecular formula is C26H32N6O2. The molecule has 1 aliphatic heterocycles. The average Bonchev–Trinajstić information content (AvgIpc) is 2.91. The Balaban J connectivity index is 1.27. The lowest BCUT2D eigenvalue weighted by Gasteiger charge is -2.35. The summed E-state index contributed by atoms with van der Waals surface area (Å²) in [5.41, 5.74) is 1.11. The minimum atomic E-state index is -0.0483. The first-order valence-electron chi connectivity index (χ1n) is 11.9. The predicted octanol–water partition coefficient (Wildman–Crippen LogP) is 3.41. The van der Waals surface area contributed by atoms with Gasteiger partial charge in [0.05, 0.1) is 0 Å². The molecule has 34 heavy (non-hydrogen) atoms. The van der Waals surface area contributed by atoms with Gasteiger partial charge in [-0.25, -0.2) is 4.98 Å². The van der Waals surface area contributed by atoms with Gasteiger partial charge in [-0.05, 0) is 30.2 Å². The number of hydrogen-bond donors (Lipinski definition) is 0. The zero-order valence-electron chi connectivity index (χ0n) is 19.7. The van der Waals surface area contributed by atoms with Crippen molar-refractivity contribution in [2.24, 2.45) is 0 Å². The number of carbonyl (C=O) groups is 1. The Morgan fingerprint density at radius 2 is 1.65 bits per heavy atom. The molecule has 1 amide bonds. The number of pyridine rings is 1. The molecule has 0 spiro atoms. The van der Waals surface area contributed by atoms with Crippen LogP contribution in [-0.4, -0.2) is 65.3 Å². The SMILES string of the molecule is CCCCN(Cc1ccccc1)C(=O)COc1ccc(N2CCN(c3ccccn3)CC2)nn1. The number of amides is 1. The van der Waals surface area contributed by atoms with Crippen LogP contribution in [0.1, 0.15) is 25.3 Å². The Bertz CT molecular complexity index is 1010. The number of aromatic nitrogens is 3. The molecule has 1 saturated heterocycles. The van der Waals surface area contributed by atoms with Gasteiger partial charge in [0.1, 0.15) is 5.82 Å². The van der Waals surface area contributed by atoms with Crippen LogP contribution >= 0.6 is 0 Å². The summed E-state index contributed by atoms with van der Waals surface area (Å²) in [6, 6.07) is 19.7. The highest BCUT2D eigenvalue weighted by atomic mass is 16.5. The van der Waals surface area contributed by atoms with Crippen LogP contribution in [0.5, 0.6) is 5.88 Å². The molecule has 0 saturated carbocycles. The van der Waals surface area contributed by atoms with E-state index in [-0.39, 0.29) is 12.5 Å². The summed E-state index contributed by atoms with van der Waals surface area (Å²) < 4.78 is 5.68. The van der Waals surface area contributed by atoms with Crippen LogP contribution in [0, 0.1) is 0 Å². The smallest absolute Gasteiger partial charge is 0.260 e. The quantitative estimate of drug-likeness (QED) is 0.459.